The Kier molecular flexibility index (Phi) is 4.39. The fourth-order valence-corrected chi connectivity index (χ4v) is 1.85. The Hall–Kier alpha value is -1.88. The molecule has 1 aromatic carbocycles. The first-order valence-electron chi connectivity index (χ1n) is 6.90. The van der Waals surface area contributed by atoms with Gasteiger partial charge in [-0.05, 0) is 32.3 Å². The lowest BCUT2D eigenvalue weighted by Gasteiger charge is -2.17. The first-order valence-corrected chi connectivity index (χ1v) is 6.90. The first-order chi connectivity index (χ1) is 9.47. The van der Waals surface area contributed by atoms with Crippen LogP contribution in [0.15, 0.2) is 24.3 Å². The van der Waals surface area contributed by atoms with Gasteiger partial charge in [-0.25, -0.2) is 0 Å². The molecule has 5 heteroatoms. The largest absolute Gasteiger partial charge is 0.352 e. The number of carbonyl (C=O) groups is 2. The summed E-state index contributed by atoms with van der Waals surface area (Å²) in [5.41, 5.74) is 7.76. The highest BCUT2D eigenvalue weighted by Gasteiger charge is 2.27. The van der Waals surface area contributed by atoms with E-state index >= 15 is 0 Å². The topological polar surface area (TPSA) is 84.2 Å². The minimum Gasteiger partial charge on any atom is -0.352 e. The molecule has 0 saturated heterocycles. The summed E-state index contributed by atoms with van der Waals surface area (Å²) in [4.78, 5) is 23.8. The summed E-state index contributed by atoms with van der Waals surface area (Å²) in [7, 11) is 0. The van der Waals surface area contributed by atoms with Crippen molar-refractivity contribution in [3.63, 3.8) is 0 Å². The van der Waals surface area contributed by atoms with Crippen LogP contribution in [0.4, 0.5) is 0 Å². The molecule has 0 heterocycles. The van der Waals surface area contributed by atoms with Crippen LogP contribution < -0.4 is 16.4 Å². The average Bonchev–Trinajstić information content (AvgIpc) is 3.22. The fourth-order valence-electron chi connectivity index (χ4n) is 1.85. The second-order valence-electron chi connectivity index (χ2n) is 5.40. The van der Waals surface area contributed by atoms with Crippen molar-refractivity contribution < 1.29 is 9.59 Å². The van der Waals surface area contributed by atoms with E-state index in [0.717, 1.165) is 24.0 Å². The van der Waals surface area contributed by atoms with Crippen molar-refractivity contribution in [1.29, 1.82) is 0 Å². The van der Waals surface area contributed by atoms with Crippen LogP contribution >= 0.6 is 0 Å². The zero-order valence-electron chi connectivity index (χ0n) is 11.8. The zero-order chi connectivity index (χ0) is 14.7. The molecule has 1 aliphatic rings. The van der Waals surface area contributed by atoms with E-state index in [-0.39, 0.29) is 17.9 Å². The molecular weight excluding hydrogens is 254 g/mol. The molecule has 0 aromatic heterocycles. The van der Waals surface area contributed by atoms with Crippen molar-refractivity contribution in [3.05, 3.63) is 35.4 Å². The van der Waals surface area contributed by atoms with Gasteiger partial charge in [0, 0.05) is 6.04 Å². The molecule has 2 unspecified atom stereocenters. The second kappa shape index (κ2) is 6.05. The van der Waals surface area contributed by atoms with Gasteiger partial charge in [0.2, 0.25) is 11.8 Å². The summed E-state index contributed by atoms with van der Waals surface area (Å²) in [5.74, 6) is -0.496. The van der Waals surface area contributed by atoms with Crippen molar-refractivity contribution in [2.24, 2.45) is 5.73 Å². The Bertz CT molecular complexity index is 494. The molecule has 20 heavy (non-hydrogen) atoms. The Morgan fingerprint density at radius 3 is 2.35 bits per heavy atom. The summed E-state index contributed by atoms with van der Waals surface area (Å²) >= 11 is 0. The normalized spacial score (nSPS) is 17.1. The molecule has 1 saturated carbocycles. The predicted molar refractivity (Wildman–Crippen MR) is 76.9 cm³/mol. The third-order valence-electron chi connectivity index (χ3n) is 3.39. The molecule has 2 atom stereocenters. The lowest BCUT2D eigenvalue weighted by Crippen LogP contribution is -2.48. The molecule has 108 valence electrons. The standard InChI is InChI=1S/C15H21N3O2/c1-9-3-5-11(6-4-9)13(16)15(20)17-10(2)14(19)18-12-7-8-12/h3-6,10,12-13H,7-8,16H2,1-2H3,(H,17,20)(H,18,19). The molecule has 0 radical (unpaired) electrons. The van der Waals surface area contributed by atoms with Gasteiger partial charge < -0.3 is 16.4 Å². The molecule has 5 nitrogen and oxygen atoms in total. The van der Waals surface area contributed by atoms with Gasteiger partial charge in [0.05, 0.1) is 0 Å². The molecule has 0 aliphatic heterocycles. The predicted octanol–water partition coefficient (Wildman–Crippen LogP) is 0.778. The van der Waals surface area contributed by atoms with Crippen LogP contribution in [0.5, 0.6) is 0 Å². The lowest BCUT2D eigenvalue weighted by atomic mass is 10.1. The molecule has 0 spiro atoms. The number of hydrogen-bond donors (Lipinski definition) is 3. The summed E-state index contributed by atoms with van der Waals surface area (Å²) in [5, 5.41) is 5.50. The molecule has 1 aliphatic carbocycles. The highest BCUT2D eigenvalue weighted by Crippen LogP contribution is 2.18. The third-order valence-corrected chi connectivity index (χ3v) is 3.39. The number of nitrogens with two attached hydrogens (primary N) is 1. The van der Waals surface area contributed by atoms with Crippen LogP contribution in [0, 0.1) is 6.92 Å². The first kappa shape index (κ1) is 14.5. The van der Waals surface area contributed by atoms with Crippen LogP contribution in [0.2, 0.25) is 0 Å². The van der Waals surface area contributed by atoms with Crippen LogP contribution in [-0.4, -0.2) is 23.9 Å². The van der Waals surface area contributed by atoms with Gasteiger partial charge in [-0.2, -0.15) is 0 Å². The van der Waals surface area contributed by atoms with Crippen molar-refractivity contribution in [2.75, 3.05) is 0 Å². The second-order valence-corrected chi connectivity index (χ2v) is 5.40. The number of benzene rings is 1. The molecule has 2 rings (SSSR count). The van der Waals surface area contributed by atoms with E-state index in [1.54, 1.807) is 6.92 Å². The molecule has 0 bridgehead atoms. The summed E-state index contributed by atoms with van der Waals surface area (Å²) in [6.07, 6.45) is 2.05. The van der Waals surface area contributed by atoms with E-state index in [2.05, 4.69) is 10.6 Å². The van der Waals surface area contributed by atoms with Crippen LogP contribution in [0.25, 0.3) is 0 Å². The summed E-state index contributed by atoms with van der Waals surface area (Å²) in [6, 6.07) is 6.43. The van der Waals surface area contributed by atoms with Gasteiger partial charge in [0.25, 0.3) is 0 Å². The maximum Gasteiger partial charge on any atom is 0.242 e. The van der Waals surface area contributed by atoms with Gasteiger partial charge in [0.15, 0.2) is 0 Å². The molecular formula is C15H21N3O2. The quantitative estimate of drug-likeness (QED) is 0.742. The van der Waals surface area contributed by atoms with E-state index in [1.165, 1.54) is 0 Å². The number of rotatable bonds is 5. The maximum absolute atomic E-state index is 12.0. The molecule has 4 N–H and O–H groups in total. The van der Waals surface area contributed by atoms with Gasteiger partial charge in [-0.1, -0.05) is 29.8 Å². The van der Waals surface area contributed by atoms with Crippen molar-refractivity contribution >= 4 is 11.8 Å². The lowest BCUT2D eigenvalue weighted by molar-refractivity contribution is -0.129. The van der Waals surface area contributed by atoms with Crippen molar-refractivity contribution in [3.8, 4) is 0 Å². The number of carbonyl (C=O) groups excluding carboxylic acids is 2. The van der Waals surface area contributed by atoms with E-state index in [1.807, 2.05) is 31.2 Å². The van der Waals surface area contributed by atoms with E-state index in [0.29, 0.717) is 0 Å². The zero-order valence-corrected chi connectivity index (χ0v) is 11.8. The van der Waals surface area contributed by atoms with Crippen LogP contribution in [0.3, 0.4) is 0 Å². The van der Waals surface area contributed by atoms with E-state index in [9.17, 15) is 9.59 Å². The van der Waals surface area contributed by atoms with Crippen LogP contribution in [-0.2, 0) is 9.59 Å². The van der Waals surface area contributed by atoms with Crippen LogP contribution in [0.1, 0.15) is 36.9 Å². The number of amides is 2. The Morgan fingerprint density at radius 1 is 1.20 bits per heavy atom. The van der Waals surface area contributed by atoms with Gasteiger partial charge in [0.1, 0.15) is 12.1 Å². The minimum absolute atomic E-state index is 0.156. The number of aryl methyl sites for hydroxylation is 1. The monoisotopic (exact) mass is 275 g/mol. The third kappa shape index (κ3) is 3.81. The van der Waals surface area contributed by atoms with E-state index < -0.39 is 12.1 Å². The Morgan fingerprint density at radius 2 is 1.80 bits per heavy atom. The molecule has 1 fully saturated rings. The Balaban J connectivity index is 1.89. The SMILES string of the molecule is Cc1ccc(C(N)C(=O)NC(C)C(=O)NC2CC2)cc1. The number of nitrogens with one attached hydrogen (secondary N) is 2. The minimum atomic E-state index is -0.758. The summed E-state index contributed by atoms with van der Waals surface area (Å²) < 4.78 is 0. The average molecular weight is 275 g/mol. The smallest absolute Gasteiger partial charge is 0.242 e. The molecule has 1 aromatic rings. The van der Waals surface area contributed by atoms with Gasteiger partial charge in [-0.15, -0.1) is 0 Å². The van der Waals surface area contributed by atoms with Gasteiger partial charge >= 0.3 is 0 Å². The highest BCUT2D eigenvalue weighted by atomic mass is 16.2. The van der Waals surface area contributed by atoms with E-state index in [4.69, 9.17) is 5.73 Å². The Labute approximate surface area is 118 Å². The van der Waals surface area contributed by atoms with Crippen molar-refractivity contribution in [2.45, 2.75) is 44.8 Å². The fraction of sp³-hybridized carbons (Fsp3) is 0.467. The summed E-state index contributed by atoms with van der Waals surface area (Å²) in [6.45, 7) is 3.64. The van der Waals surface area contributed by atoms with Crippen molar-refractivity contribution in [1.82, 2.24) is 10.6 Å². The molecule has 2 amide bonds. The highest BCUT2D eigenvalue weighted by molar-refractivity contribution is 5.90. The van der Waals surface area contributed by atoms with Gasteiger partial charge in [-0.3, -0.25) is 9.59 Å². The maximum atomic E-state index is 12.0. The number of hydrogen-bond acceptors (Lipinski definition) is 3.